The van der Waals surface area contributed by atoms with Crippen LogP contribution in [-0.2, 0) is 4.79 Å². The van der Waals surface area contributed by atoms with Gasteiger partial charge in [0.15, 0.2) is 0 Å². The van der Waals surface area contributed by atoms with Crippen LogP contribution in [0.15, 0.2) is 36.5 Å². The maximum atomic E-state index is 12.4. The Morgan fingerprint density at radius 1 is 0.448 bits per heavy atom. The van der Waals surface area contributed by atoms with Gasteiger partial charge in [0.2, 0.25) is 5.91 Å². The normalized spacial score (nSPS) is 13.7. The van der Waals surface area contributed by atoms with Gasteiger partial charge in [0.25, 0.3) is 0 Å². The average molecular weight is 816 g/mol. The summed E-state index contributed by atoms with van der Waals surface area (Å²) < 4.78 is 0. The predicted molar refractivity (Wildman–Crippen MR) is 254 cm³/mol. The molecule has 0 radical (unpaired) electrons. The fourth-order valence-electron chi connectivity index (χ4n) is 8.03. The molecule has 0 aromatic rings. The molecule has 1 amide bonds. The topological polar surface area (TPSA) is 89.8 Å². The third-order valence-electron chi connectivity index (χ3n) is 11.9. The summed E-state index contributed by atoms with van der Waals surface area (Å²) in [4.78, 5) is 12.4. The number of hydrogen-bond acceptors (Lipinski definition) is 4. The highest BCUT2D eigenvalue weighted by molar-refractivity contribution is 5.76. The van der Waals surface area contributed by atoms with Crippen LogP contribution in [0.25, 0.3) is 0 Å². The second-order valence-electron chi connectivity index (χ2n) is 17.7. The molecular weight excluding hydrogens is 715 g/mol. The highest BCUT2D eigenvalue weighted by Crippen LogP contribution is 2.17. The minimum absolute atomic E-state index is 0.00477. The van der Waals surface area contributed by atoms with Crippen molar-refractivity contribution in [3.8, 4) is 0 Å². The highest BCUT2D eigenvalue weighted by Gasteiger charge is 2.20. The van der Waals surface area contributed by atoms with Crippen LogP contribution in [0, 0.1) is 0 Å². The summed E-state index contributed by atoms with van der Waals surface area (Å²) in [6.07, 6.45) is 62.1. The zero-order valence-electron chi connectivity index (χ0n) is 38.9. The Kier molecular flexibility index (Phi) is 47.0. The second kappa shape index (κ2) is 48.2. The van der Waals surface area contributed by atoms with Crippen LogP contribution in [0.4, 0.5) is 0 Å². The van der Waals surface area contributed by atoms with E-state index in [9.17, 15) is 20.1 Å². The SMILES string of the molecule is CC/C=C/CC/C=C/CC/C=C/C(O)C(CO)NC(=O)CC(O)CCCCCCCCCCCCCCCCCCCCCCCCCCCCCCCCCCC. The molecule has 5 heteroatoms. The predicted octanol–water partition coefficient (Wildman–Crippen LogP) is 15.5. The summed E-state index contributed by atoms with van der Waals surface area (Å²) in [5.41, 5.74) is 0. The Balaban J connectivity index is 3.44. The van der Waals surface area contributed by atoms with Crippen LogP contribution in [0.5, 0.6) is 0 Å². The van der Waals surface area contributed by atoms with Gasteiger partial charge in [0, 0.05) is 0 Å². The van der Waals surface area contributed by atoms with E-state index >= 15 is 0 Å². The van der Waals surface area contributed by atoms with Gasteiger partial charge in [0.05, 0.1) is 31.3 Å². The standard InChI is InChI=1S/C53H101NO4/c1-3-5-7-9-11-13-15-16-17-18-19-20-21-22-23-24-25-26-27-28-29-30-31-32-33-34-35-36-37-38-40-42-44-46-50(56)48-53(58)54-51(49-55)52(57)47-45-43-41-39-14-12-10-8-6-4-2/h6,8,14,39,45,47,50-52,55-57H,3-5,7,9-13,15-38,40-44,46,48-49H2,1-2H3,(H,54,58)/b8-6+,39-14+,47-45+. The Labute approximate surface area is 362 Å². The maximum absolute atomic E-state index is 12.4. The number of nitrogens with one attached hydrogen (secondary N) is 1. The first-order valence-corrected chi connectivity index (χ1v) is 25.8. The van der Waals surface area contributed by atoms with E-state index in [0.717, 1.165) is 44.9 Å². The van der Waals surface area contributed by atoms with E-state index in [1.807, 2.05) is 6.08 Å². The molecule has 5 nitrogen and oxygen atoms in total. The molecule has 0 bridgehead atoms. The number of hydrogen-bond donors (Lipinski definition) is 4. The van der Waals surface area contributed by atoms with E-state index in [2.05, 4.69) is 43.5 Å². The number of aliphatic hydroxyl groups is 3. The van der Waals surface area contributed by atoms with Gasteiger partial charge < -0.3 is 20.6 Å². The quantitative estimate of drug-likeness (QED) is 0.0364. The van der Waals surface area contributed by atoms with E-state index in [4.69, 9.17) is 0 Å². The zero-order chi connectivity index (χ0) is 42.3. The van der Waals surface area contributed by atoms with Crippen LogP contribution in [0.2, 0.25) is 0 Å². The Morgan fingerprint density at radius 3 is 1.09 bits per heavy atom. The molecule has 0 fully saturated rings. The molecule has 342 valence electrons. The molecule has 3 unspecified atom stereocenters. The Morgan fingerprint density at radius 2 is 0.759 bits per heavy atom. The van der Waals surface area contributed by atoms with Gasteiger partial charge >= 0.3 is 0 Å². The van der Waals surface area contributed by atoms with Crippen molar-refractivity contribution >= 4 is 5.91 Å². The number of carbonyl (C=O) groups is 1. The summed E-state index contributed by atoms with van der Waals surface area (Å²) in [6, 6.07) is -0.764. The monoisotopic (exact) mass is 816 g/mol. The molecule has 0 saturated heterocycles. The van der Waals surface area contributed by atoms with Crippen molar-refractivity contribution in [3.05, 3.63) is 36.5 Å². The fraction of sp³-hybridized carbons (Fsp3) is 0.868. The van der Waals surface area contributed by atoms with E-state index < -0.39 is 18.2 Å². The minimum atomic E-state index is -0.956. The van der Waals surface area contributed by atoms with Crippen LogP contribution in [0.1, 0.15) is 271 Å². The lowest BCUT2D eigenvalue weighted by molar-refractivity contribution is -0.124. The molecule has 0 rings (SSSR count). The van der Waals surface area contributed by atoms with Crippen molar-refractivity contribution in [2.24, 2.45) is 0 Å². The van der Waals surface area contributed by atoms with Crippen molar-refractivity contribution in [1.29, 1.82) is 0 Å². The molecule has 58 heavy (non-hydrogen) atoms. The van der Waals surface area contributed by atoms with Gasteiger partial charge in [-0.1, -0.05) is 262 Å². The van der Waals surface area contributed by atoms with Crippen LogP contribution in [-0.4, -0.2) is 46.1 Å². The van der Waals surface area contributed by atoms with Crippen molar-refractivity contribution in [2.75, 3.05) is 6.61 Å². The number of aliphatic hydroxyl groups excluding tert-OH is 3. The Hall–Kier alpha value is -1.43. The summed E-state index contributed by atoms with van der Waals surface area (Å²) in [7, 11) is 0. The first kappa shape index (κ1) is 56.6. The van der Waals surface area contributed by atoms with Gasteiger partial charge in [-0.2, -0.15) is 0 Å². The van der Waals surface area contributed by atoms with Gasteiger partial charge in [-0.05, 0) is 38.5 Å². The van der Waals surface area contributed by atoms with Crippen LogP contribution < -0.4 is 5.32 Å². The first-order valence-electron chi connectivity index (χ1n) is 25.8. The summed E-state index contributed by atoms with van der Waals surface area (Å²) in [5, 5.41) is 33.1. The number of rotatable bonds is 47. The molecule has 0 aliphatic rings. The Bertz CT molecular complexity index is 901. The van der Waals surface area contributed by atoms with Crippen molar-refractivity contribution in [3.63, 3.8) is 0 Å². The molecule has 0 aliphatic heterocycles. The number of carbonyl (C=O) groups excluding carboxylic acids is 1. The lowest BCUT2D eigenvalue weighted by Gasteiger charge is -2.21. The van der Waals surface area contributed by atoms with Crippen molar-refractivity contribution < 1.29 is 20.1 Å². The van der Waals surface area contributed by atoms with Gasteiger partial charge in [0.1, 0.15) is 0 Å². The van der Waals surface area contributed by atoms with Crippen molar-refractivity contribution in [2.45, 2.75) is 289 Å². The number of allylic oxidation sites excluding steroid dienone is 5. The summed E-state index contributed by atoms with van der Waals surface area (Å²) >= 11 is 0. The van der Waals surface area contributed by atoms with Crippen LogP contribution in [0.3, 0.4) is 0 Å². The van der Waals surface area contributed by atoms with E-state index in [-0.39, 0.29) is 18.9 Å². The maximum Gasteiger partial charge on any atom is 0.222 e. The van der Waals surface area contributed by atoms with E-state index in [0.29, 0.717) is 6.42 Å². The lowest BCUT2D eigenvalue weighted by atomic mass is 10.0. The number of amides is 1. The summed E-state index contributed by atoms with van der Waals surface area (Å²) in [6.45, 7) is 4.09. The first-order chi connectivity index (χ1) is 28.5. The van der Waals surface area contributed by atoms with E-state index in [1.54, 1.807) is 6.08 Å². The third-order valence-corrected chi connectivity index (χ3v) is 11.9. The van der Waals surface area contributed by atoms with Crippen molar-refractivity contribution in [1.82, 2.24) is 5.32 Å². The zero-order valence-corrected chi connectivity index (χ0v) is 38.9. The third kappa shape index (κ3) is 44.1. The van der Waals surface area contributed by atoms with Gasteiger partial charge in [-0.3, -0.25) is 4.79 Å². The molecule has 0 aromatic carbocycles. The largest absolute Gasteiger partial charge is 0.394 e. The molecule has 0 saturated carbocycles. The second-order valence-corrected chi connectivity index (χ2v) is 17.7. The van der Waals surface area contributed by atoms with Gasteiger partial charge in [-0.25, -0.2) is 0 Å². The molecule has 3 atom stereocenters. The highest BCUT2D eigenvalue weighted by atomic mass is 16.3. The minimum Gasteiger partial charge on any atom is -0.394 e. The smallest absolute Gasteiger partial charge is 0.222 e. The van der Waals surface area contributed by atoms with Crippen LogP contribution >= 0.6 is 0 Å². The molecule has 4 N–H and O–H groups in total. The van der Waals surface area contributed by atoms with Gasteiger partial charge in [-0.15, -0.1) is 0 Å². The summed E-state index contributed by atoms with van der Waals surface area (Å²) in [5.74, 6) is -0.329. The molecular formula is C53H101NO4. The number of unbranched alkanes of at least 4 members (excludes halogenated alkanes) is 34. The molecule has 0 heterocycles. The van der Waals surface area contributed by atoms with E-state index in [1.165, 1.54) is 199 Å². The molecule has 0 spiro atoms. The average Bonchev–Trinajstić information content (AvgIpc) is 3.22. The fourth-order valence-corrected chi connectivity index (χ4v) is 8.03. The molecule has 0 aromatic heterocycles. The lowest BCUT2D eigenvalue weighted by Crippen LogP contribution is -2.45. The molecule has 0 aliphatic carbocycles.